The van der Waals surface area contributed by atoms with Gasteiger partial charge in [0.05, 0.1) is 6.42 Å². The van der Waals surface area contributed by atoms with Gasteiger partial charge in [0, 0.05) is 6.42 Å². The van der Waals surface area contributed by atoms with Crippen LogP contribution in [0.3, 0.4) is 0 Å². The average Bonchev–Trinajstić information content (AvgIpc) is 2.86. The minimum absolute atomic E-state index is 0.205. The molecule has 4 nitrogen and oxygen atoms in total. The summed E-state index contributed by atoms with van der Waals surface area (Å²) < 4.78 is 79.3. The van der Waals surface area contributed by atoms with E-state index in [1.807, 2.05) is 0 Å². The van der Waals surface area contributed by atoms with E-state index in [0.29, 0.717) is 0 Å². The van der Waals surface area contributed by atoms with Gasteiger partial charge in [-0.3, -0.25) is 9.59 Å². The second-order valence-electron chi connectivity index (χ2n) is 4.97. The molecule has 0 amide bonds. The molecule has 1 aromatic carbocycles. The summed E-state index contributed by atoms with van der Waals surface area (Å²) in [4.78, 5) is 27.0. The number of nitrogens with zero attached hydrogens (tertiary/aromatic N) is 1. The molecule has 130 valence electrons. The average molecular weight is 353 g/mol. The van der Waals surface area contributed by atoms with Crippen molar-refractivity contribution in [3.63, 3.8) is 0 Å². The highest BCUT2D eigenvalue weighted by Gasteiger charge is 2.57. The van der Waals surface area contributed by atoms with Crippen molar-refractivity contribution in [2.45, 2.75) is 25.2 Å². The van der Waals surface area contributed by atoms with Crippen molar-refractivity contribution in [3.05, 3.63) is 30.2 Å². The molecule has 0 unspecified atom stereocenters. The van der Waals surface area contributed by atoms with Crippen molar-refractivity contribution >= 4 is 22.7 Å². The number of carbonyl (C=O) groups excluding carboxylic acids is 2. The van der Waals surface area contributed by atoms with Crippen LogP contribution in [0.4, 0.5) is 26.3 Å². The van der Waals surface area contributed by atoms with Crippen LogP contribution in [-0.4, -0.2) is 28.9 Å². The number of hydrogen-bond acceptors (Lipinski definition) is 4. The molecular formula is C14H9F6NO3. The van der Waals surface area contributed by atoms with Crippen LogP contribution in [0.25, 0.3) is 11.1 Å². The van der Waals surface area contributed by atoms with Crippen molar-refractivity contribution in [1.82, 2.24) is 4.98 Å². The number of aromatic nitrogens is 1. The van der Waals surface area contributed by atoms with Crippen LogP contribution in [0, 0.1) is 5.92 Å². The standard InChI is InChI=1S/C14H9F6NO3/c15-13(16,17)11(14(18,19)20)6-7(22)5-9(23)12-21-8-3-1-2-4-10(8)24-12/h1-4,11H,5-6H2. The molecule has 1 aromatic heterocycles. The Hall–Kier alpha value is -2.39. The van der Waals surface area contributed by atoms with Gasteiger partial charge in [-0.2, -0.15) is 26.3 Å². The number of Topliss-reactive ketones (excluding diaryl/α,β-unsaturated/α-hetero) is 2. The second kappa shape index (κ2) is 6.25. The molecule has 0 aliphatic rings. The van der Waals surface area contributed by atoms with E-state index in [9.17, 15) is 35.9 Å². The molecule has 0 aliphatic heterocycles. The monoisotopic (exact) mass is 353 g/mol. The van der Waals surface area contributed by atoms with Gasteiger partial charge >= 0.3 is 12.4 Å². The minimum Gasteiger partial charge on any atom is -0.434 e. The lowest BCUT2D eigenvalue weighted by Crippen LogP contribution is -2.38. The summed E-state index contributed by atoms with van der Waals surface area (Å²) in [7, 11) is 0. The lowest BCUT2D eigenvalue weighted by molar-refractivity contribution is -0.284. The maximum atomic E-state index is 12.4. The molecule has 1 heterocycles. The third kappa shape index (κ3) is 4.12. The molecule has 0 aliphatic carbocycles. The number of alkyl halides is 6. The largest absolute Gasteiger partial charge is 0.434 e. The fourth-order valence-corrected chi connectivity index (χ4v) is 1.96. The van der Waals surface area contributed by atoms with Gasteiger partial charge in [0.15, 0.2) is 11.5 Å². The molecule has 0 bridgehead atoms. The third-order valence-electron chi connectivity index (χ3n) is 3.11. The smallest absolute Gasteiger partial charge is 0.400 e. The van der Waals surface area contributed by atoms with Crippen LogP contribution >= 0.6 is 0 Å². The summed E-state index contributed by atoms with van der Waals surface area (Å²) in [5, 5.41) is 0. The van der Waals surface area contributed by atoms with Gasteiger partial charge in [-0.15, -0.1) is 0 Å². The predicted octanol–water partition coefficient (Wildman–Crippen LogP) is 4.10. The summed E-state index contributed by atoms with van der Waals surface area (Å²) in [5.74, 6) is -6.93. The number of oxazole rings is 1. The molecule has 0 radical (unpaired) electrons. The van der Waals surface area contributed by atoms with E-state index in [1.165, 1.54) is 12.1 Å². The van der Waals surface area contributed by atoms with Crippen LogP contribution in [0.15, 0.2) is 28.7 Å². The number of carbonyl (C=O) groups is 2. The maximum Gasteiger partial charge on any atom is 0.400 e. The first-order valence-electron chi connectivity index (χ1n) is 6.52. The summed E-state index contributed by atoms with van der Waals surface area (Å²) in [6.07, 6.45) is -14.3. The summed E-state index contributed by atoms with van der Waals surface area (Å²) in [6.45, 7) is 0. The van der Waals surface area contributed by atoms with Crippen molar-refractivity contribution in [2.24, 2.45) is 5.92 Å². The topological polar surface area (TPSA) is 60.2 Å². The molecular weight excluding hydrogens is 344 g/mol. The van der Waals surface area contributed by atoms with Crippen LogP contribution in [0.1, 0.15) is 23.5 Å². The number of fused-ring (bicyclic) bond motifs is 1. The summed E-state index contributed by atoms with van der Waals surface area (Å²) in [6, 6.07) is 6.11. The highest BCUT2D eigenvalue weighted by atomic mass is 19.4. The number of benzene rings is 1. The Labute approximate surface area is 130 Å². The third-order valence-corrected chi connectivity index (χ3v) is 3.11. The predicted molar refractivity (Wildman–Crippen MR) is 68.2 cm³/mol. The fraction of sp³-hybridized carbons (Fsp3) is 0.357. The highest BCUT2D eigenvalue weighted by molar-refractivity contribution is 6.06. The van der Waals surface area contributed by atoms with Gasteiger partial charge in [0.2, 0.25) is 5.78 Å². The van der Waals surface area contributed by atoms with Gasteiger partial charge < -0.3 is 4.42 Å². The van der Waals surface area contributed by atoms with E-state index < -0.39 is 48.6 Å². The van der Waals surface area contributed by atoms with E-state index in [4.69, 9.17) is 4.42 Å². The molecule has 0 spiro atoms. The molecule has 24 heavy (non-hydrogen) atoms. The normalized spacial score (nSPS) is 12.8. The Kier molecular flexibility index (Phi) is 4.68. The van der Waals surface area contributed by atoms with Crippen LogP contribution in [0.5, 0.6) is 0 Å². The zero-order valence-corrected chi connectivity index (χ0v) is 11.7. The first-order chi connectivity index (χ1) is 11.0. The Balaban J connectivity index is 2.09. The molecule has 0 saturated carbocycles. The molecule has 2 aromatic rings. The van der Waals surface area contributed by atoms with Crippen molar-refractivity contribution in [3.8, 4) is 0 Å². The first kappa shape index (κ1) is 18.0. The van der Waals surface area contributed by atoms with Crippen LogP contribution in [0.2, 0.25) is 0 Å². The summed E-state index contributed by atoms with van der Waals surface area (Å²) >= 11 is 0. The SMILES string of the molecule is O=C(CC(=O)c1nc2ccccc2o1)CC(C(F)(F)F)C(F)(F)F. The first-order valence-corrected chi connectivity index (χ1v) is 6.52. The van der Waals surface area contributed by atoms with E-state index in [1.54, 1.807) is 12.1 Å². The quantitative estimate of drug-likeness (QED) is 0.461. The van der Waals surface area contributed by atoms with E-state index >= 15 is 0 Å². The van der Waals surface area contributed by atoms with Gasteiger partial charge in [0.1, 0.15) is 11.3 Å². The van der Waals surface area contributed by atoms with Gasteiger partial charge in [-0.05, 0) is 12.1 Å². The van der Waals surface area contributed by atoms with E-state index in [0.717, 1.165) is 0 Å². The van der Waals surface area contributed by atoms with E-state index in [-0.39, 0.29) is 11.1 Å². The lowest BCUT2D eigenvalue weighted by Gasteiger charge is -2.21. The Bertz CT molecular complexity index is 715. The van der Waals surface area contributed by atoms with Crippen LogP contribution in [-0.2, 0) is 4.79 Å². The van der Waals surface area contributed by atoms with Crippen molar-refractivity contribution in [2.75, 3.05) is 0 Å². The fourth-order valence-electron chi connectivity index (χ4n) is 1.96. The zero-order chi connectivity index (χ0) is 18.1. The van der Waals surface area contributed by atoms with Crippen molar-refractivity contribution < 1.29 is 40.3 Å². The maximum absolute atomic E-state index is 12.4. The molecule has 0 saturated heterocycles. The number of hydrogen-bond donors (Lipinski definition) is 0. The van der Waals surface area contributed by atoms with Gasteiger partial charge in [-0.25, -0.2) is 4.98 Å². The molecule has 0 N–H and O–H groups in total. The zero-order valence-electron chi connectivity index (χ0n) is 11.7. The van der Waals surface area contributed by atoms with Gasteiger partial charge in [-0.1, -0.05) is 12.1 Å². The Morgan fingerprint density at radius 1 is 1.04 bits per heavy atom. The van der Waals surface area contributed by atoms with Crippen LogP contribution < -0.4 is 0 Å². The molecule has 0 atom stereocenters. The molecule has 10 heteroatoms. The van der Waals surface area contributed by atoms with Crippen molar-refractivity contribution in [1.29, 1.82) is 0 Å². The molecule has 0 fully saturated rings. The Morgan fingerprint density at radius 3 is 2.17 bits per heavy atom. The summed E-state index contributed by atoms with van der Waals surface area (Å²) in [5.41, 5.74) is 0.480. The second-order valence-corrected chi connectivity index (χ2v) is 4.97. The highest BCUT2D eigenvalue weighted by Crippen LogP contribution is 2.41. The molecule has 2 rings (SSSR count). The minimum atomic E-state index is -5.63. The van der Waals surface area contributed by atoms with Gasteiger partial charge in [0.25, 0.3) is 5.89 Å². The van der Waals surface area contributed by atoms with E-state index in [2.05, 4.69) is 4.98 Å². The number of rotatable bonds is 5. The number of ketones is 2. The Morgan fingerprint density at radius 2 is 1.62 bits per heavy atom. The lowest BCUT2D eigenvalue weighted by atomic mass is 9.98. The number of halogens is 6. The number of para-hydroxylation sites is 2.